The van der Waals surface area contributed by atoms with Gasteiger partial charge in [-0.15, -0.1) is 0 Å². The molecular formula is C17H21ClN4O2. The SMILES string of the molecule is CCCn1nccc1NC(=O)NC1CCOC1c1ccc(Cl)cc1. The fraction of sp³-hybridized carbons (Fsp3) is 0.412. The molecule has 3 rings (SSSR count). The van der Waals surface area contributed by atoms with Crippen LogP contribution in [0.25, 0.3) is 0 Å². The number of nitrogens with zero attached hydrogens (tertiary/aromatic N) is 2. The van der Waals surface area contributed by atoms with Gasteiger partial charge in [0.25, 0.3) is 0 Å². The van der Waals surface area contributed by atoms with Crippen LogP contribution < -0.4 is 10.6 Å². The average Bonchev–Trinajstić information content (AvgIpc) is 3.19. The van der Waals surface area contributed by atoms with E-state index in [2.05, 4.69) is 22.7 Å². The molecule has 0 saturated carbocycles. The summed E-state index contributed by atoms with van der Waals surface area (Å²) in [7, 11) is 0. The van der Waals surface area contributed by atoms with Crippen LogP contribution >= 0.6 is 11.6 Å². The number of aryl methyl sites for hydroxylation is 1. The molecule has 1 fully saturated rings. The smallest absolute Gasteiger partial charge is 0.320 e. The van der Waals surface area contributed by atoms with Crippen LogP contribution in [-0.2, 0) is 11.3 Å². The molecule has 2 heterocycles. The molecule has 1 aliphatic rings. The first-order valence-electron chi connectivity index (χ1n) is 8.13. The standard InChI is InChI=1S/C17H21ClN4O2/c1-2-10-22-15(7-9-19-22)21-17(23)20-14-8-11-24-16(14)12-3-5-13(18)6-4-12/h3-7,9,14,16H,2,8,10-11H2,1H3,(H2,20,21,23). The van der Waals surface area contributed by atoms with E-state index in [1.165, 1.54) is 0 Å². The summed E-state index contributed by atoms with van der Waals surface area (Å²) in [5, 5.41) is 10.7. The van der Waals surface area contributed by atoms with Crippen molar-refractivity contribution >= 4 is 23.4 Å². The number of halogens is 1. The van der Waals surface area contributed by atoms with Crippen LogP contribution in [0.2, 0.25) is 5.02 Å². The van der Waals surface area contributed by atoms with E-state index in [-0.39, 0.29) is 18.2 Å². The predicted molar refractivity (Wildman–Crippen MR) is 93.2 cm³/mol. The highest BCUT2D eigenvalue weighted by molar-refractivity contribution is 6.30. The maximum Gasteiger partial charge on any atom is 0.320 e. The summed E-state index contributed by atoms with van der Waals surface area (Å²) in [5.41, 5.74) is 1.01. The van der Waals surface area contributed by atoms with E-state index in [9.17, 15) is 4.79 Å². The lowest BCUT2D eigenvalue weighted by atomic mass is 10.0. The molecule has 2 amide bonds. The van der Waals surface area contributed by atoms with Crippen LogP contribution in [0, 0.1) is 0 Å². The van der Waals surface area contributed by atoms with Crippen LogP contribution in [-0.4, -0.2) is 28.5 Å². The van der Waals surface area contributed by atoms with Gasteiger partial charge in [0.15, 0.2) is 0 Å². The van der Waals surface area contributed by atoms with Gasteiger partial charge in [-0.25, -0.2) is 9.48 Å². The topological polar surface area (TPSA) is 68.2 Å². The van der Waals surface area contributed by atoms with Crippen molar-refractivity contribution in [2.45, 2.75) is 38.5 Å². The Labute approximate surface area is 146 Å². The van der Waals surface area contributed by atoms with Crippen LogP contribution in [0.15, 0.2) is 36.5 Å². The van der Waals surface area contributed by atoms with E-state index in [0.29, 0.717) is 17.4 Å². The highest BCUT2D eigenvalue weighted by Gasteiger charge is 2.31. The number of aromatic nitrogens is 2. The van der Waals surface area contributed by atoms with E-state index >= 15 is 0 Å². The average molecular weight is 349 g/mol. The molecule has 0 spiro atoms. The first-order valence-corrected chi connectivity index (χ1v) is 8.51. The van der Waals surface area contributed by atoms with Crippen molar-refractivity contribution in [2.75, 3.05) is 11.9 Å². The van der Waals surface area contributed by atoms with E-state index in [4.69, 9.17) is 16.3 Å². The maximum absolute atomic E-state index is 12.3. The first-order chi connectivity index (χ1) is 11.7. The Morgan fingerprint density at radius 3 is 2.92 bits per heavy atom. The van der Waals surface area contributed by atoms with Crippen LogP contribution in [0.5, 0.6) is 0 Å². The summed E-state index contributed by atoms with van der Waals surface area (Å²) in [5.74, 6) is 0.691. The summed E-state index contributed by atoms with van der Waals surface area (Å²) < 4.78 is 7.57. The molecule has 2 N–H and O–H groups in total. The number of carbonyl (C=O) groups is 1. The van der Waals surface area contributed by atoms with Gasteiger partial charge in [0, 0.05) is 24.2 Å². The zero-order valence-electron chi connectivity index (χ0n) is 13.5. The second-order valence-corrected chi connectivity index (χ2v) is 6.21. The van der Waals surface area contributed by atoms with Gasteiger partial charge in [0.1, 0.15) is 11.9 Å². The minimum absolute atomic E-state index is 0.0753. The van der Waals surface area contributed by atoms with Gasteiger partial charge in [-0.3, -0.25) is 5.32 Å². The summed E-state index contributed by atoms with van der Waals surface area (Å²) in [6, 6.07) is 8.99. The Morgan fingerprint density at radius 2 is 2.17 bits per heavy atom. The van der Waals surface area contributed by atoms with Gasteiger partial charge in [0.2, 0.25) is 0 Å². The Balaban J connectivity index is 1.62. The van der Waals surface area contributed by atoms with Gasteiger partial charge in [-0.05, 0) is 30.5 Å². The lowest BCUT2D eigenvalue weighted by molar-refractivity contribution is 0.100. The van der Waals surface area contributed by atoms with E-state index in [1.807, 2.05) is 24.3 Å². The first kappa shape index (κ1) is 16.8. The lowest BCUT2D eigenvalue weighted by Gasteiger charge is -2.20. The minimum Gasteiger partial charge on any atom is -0.371 e. The molecule has 0 radical (unpaired) electrons. The van der Waals surface area contributed by atoms with Crippen LogP contribution in [0.3, 0.4) is 0 Å². The number of amides is 2. The number of hydrogen-bond acceptors (Lipinski definition) is 3. The highest BCUT2D eigenvalue weighted by atomic mass is 35.5. The van der Waals surface area contributed by atoms with Crippen molar-refractivity contribution in [3.63, 3.8) is 0 Å². The largest absolute Gasteiger partial charge is 0.371 e. The highest BCUT2D eigenvalue weighted by Crippen LogP contribution is 2.30. The fourth-order valence-electron chi connectivity index (χ4n) is 2.87. The zero-order chi connectivity index (χ0) is 16.9. The molecule has 24 heavy (non-hydrogen) atoms. The zero-order valence-corrected chi connectivity index (χ0v) is 14.3. The molecule has 1 aliphatic heterocycles. The summed E-state index contributed by atoms with van der Waals surface area (Å²) in [6.45, 7) is 3.45. The Morgan fingerprint density at radius 1 is 1.38 bits per heavy atom. The Kier molecular flexibility index (Phi) is 5.37. The number of urea groups is 1. The Hall–Kier alpha value is -2.05. The van der Waals surface area contributed by atoms with Gasteiger partial charge >= 0.3 is 6.03 Å². The van der Waals surface area contributed by atoms with Crippen LogP contribution in [0.4, 0.5) is 10.6 Å². The van der Waals surface area contributed by atoms with Gasteiger partial charge in [-0.2, -0.15) is 5.10 Å². The van der Waals surface area contributed by atoms with Crippen molar-refractivity contribution in [3.05, 3.63) is 47.1 Å². The molecule has 1 aromatic carbocycles. The lowest BCUT2D eigenvalue weighted by Crippen LogP contribution is -2.40. The third kappa shape index (κ3) is 3.88. The molecule has 1 saturated heterocycles. The molecule has 6 nitrogen and oxygen atoms in total. The molecule has 7 heteroatoms. The quantitative estimate of drug-likeness (QED) is 0.867. The van der Waals surface area contributed by atoms with Crippen molar-refractivity contribution in [1.29, 1.82) is 0 Å². The fourth-order valence-corrected chi connectivity index (χ4v) is 2.99. The van der Waals surface area contributed by atoms with E-state index < -0.39 is 0 Å². The number of hydrogen-bond donors (Lipinski definition) is 2. The second kappa shape index (κ2) is 7.68. The van der Waals surface area contributed by atoms with Gasteiger partial charge in [0.05, 0.1) is 12.2 Å². The molecule has 2 aromatic rings. The Bertz CT molecular complexity index is 686. The number of rotatable bonds is 5. The maximum atomic E-state index is 12.3. The summed E-state index contributed by atoms with van der Waals surface area (Å²) in [4.78, 5) is 12.3. The molecule has 0 bridgehead atoms. The minimum atomic E-state index is -0.248. The molecule has 128 valence electrons. The van der Waals surface area contributed by atoms with Crippen molar-refractivity contribution < 1.29 is 9.53 Å². The predicted octanol–water partition coefficient (Wildman–Crippen LogP) is 3.60. The third-order valence-electron chi connectivity index (χ3n) is 4.00. The van der Waals surface area contributed by atoms with Crippen molar-refractivity contribution in [3.8, 4) is 0 Å². The summed E-state index contributed by atoms with van der Waals surface area (Å²) >= 11 is 5.93. The number of ether oxygens (including phenoxy) is 1. The summed E-state index contributed by atoms with van der Waals surface area (Å²) in [6.07, 6.45) is 3.25. The molecule has 2 unspecified atom stereocenters. The third-order valence-corrected chi connectivity index (χ3v) is 4.25. The van der Waals surface area contributed by atoms with E-state index in [1.54, 1.807) is 16.9 Å². The number of anilines is 1. The normalized spacial score (nSPS) is 20.1. The number of nitrogens with one attached hydrogen (secondary N) is 2. The molecule has 2 atom stereocenters. The van der Waals surface area contributed by atoms with Crippen molar-refractivity contribution in [2.24, 2.45) is 0 Å². The molecular weight excluding hydrogens is 328 g/mol. The van der Waals surface area contributed by atoms with Crippen LogP contribution in [0.1, 0.15) is 31.4 Å². The van der Waals surface area contributed by atoms with Gasteiger partial charge < -0.3 is 10.1 Å². The monoisotopic (exact) mass is 348 g/mol. The van der Waals surface area contributed by atoms with Crippen molar-refractivity contribution in [1.82, 2.24) is 15.1 Å². The van der Waals surface area contributed by atoms with E-state index in [0.717, 1.165) is 24.9 Å². The van der Waals surface area contributed by atoms with Gasteiger partial charge in [-0.1, -0.05) is 30.7 Å². The number of benzene rings is 1. The number of carbonyl (C=O) groups excluding carboxylic acids is 1. The molecule has 0 aliphatic carbocycles. The second-order valence-electron chi connectivity index (χ2n) is 5.78. The molecule has 1 aromatic heterocycles.